The van der Waals surface area contributed by atoms with E-state index in [9.17, 15) is 4.79 Å². The topological polar surface area (TPSA) is 46.4 Å². The van der Waals surface area contributed by atoms with E-state index in [-0.39, 0.29) is 0 Å². The molecule has 16 heavy (non-hydrogen) atoms. The Morgan fingerprint density at radius 2 is 2.44 bits per heavy atom. The number of nitrogens with zero attached hydrogens (tertiary/aromatic N) is 2. The van der Waals surface area contributed by atoms with Crippen molar-refractivity contribution in [2.45, 2.75) is 18.9 Å². The predicted octanol–water partition coefficient (Wildman–Crippen LogP) is 1.57. The normalized spacial score (nSPS) is 20.4. The van der Waals surface area contributed by atoms with Crippen LogP contribution in [0.3, 0.4) is 0 Å². The molecule has 0 bridgehead atoms. The number of rotatable bonds is 2. The van der Waals surface area contributed by atoms with Gasteiger partial charge < -0.3 is 9.72 Å². The van der Waals surface area contributed by atoms with Crippen LogP contribution < -0.4 is 5.32 Å². The first kappa shape index (κ1) is 9.54. The van der Waals surface area contributed by atoms with Gasteiger partial charge in [-0.1, -0.05) is 0 Å². The molecule has 2 aromatic rings. The Kier molecular flexibility index (Phi) is 2.22. The molecule has 1 aliphatic rings. The summed E-state index contributed by atoms with van der Waals surface area (Å²) < 4.78 is 2.01. The fraction of sp³-hybridized carbons (Fsp3) is 0.333. The van der Waals surface area contributed by atoms with E-state index >= 15 is 0 Å². The molecule has 0 radical (unpaired) electrons. The molecular weight excluding hydrogens is 202 g/mol. The number of hydrogen-bond donors (Lipinski definition) is 1. The molecule has 0 aromatic carbocycles. The van der Waals surface area contributed by atoms with Crippen LogP contribution in [0.1, 0.15) is 35.1 Å². The van der Waals surface area contributed by atoms with E-state index in [1.54, 1.807) is 0 Å². The molecule has 2 aromatic heterocycles. The Hall–Kier alpha value is -1.68. The van der Waals surface area contributed by atoms with Crippen molar-refractivity contribution in [3.05, 3.63) is 35.9 Å². The van der Waals surface area contributed by atoms with Gasteiger partial charge in [-0.3, -0.25) is 4.79 Å². The van der Waals surface area contributed by atoms with Crippen molar-refractivity contribution < 1.29 is 4.79 Å². The van der Waals surface area contributed by atoms with Gasteiger partial charge in [0.15, 0.2) is 6.29 Å². The second-order valence-electron chi connectivity index (χ2n) is 4.14. The Morgan fingerprint density at radius 1 is 1.50 bits per heavy atom. The highest BCUT2D eigenvalue weighted by atomic mass is 16.1. The molecule has 4 nitrogen and oxygen atoms in total. The van der Waals surface area contributed by atoms with Gasteiger partial charge in [-0.05, 0) is 31.5 Å². The van der Waals surface area contributed by atoms with Crippen LogP contribution >= 0.6 is 0 Å². The Labute approximate surface area is 93.3 Å². The number of imidazole rings is 1. The second kappa shape index (κ2) is 3.72. The first-order chi connectivity index (χ1) is 7.88. The van der Waals surface area contributed by atoms with Gasteiger partial charge in [-0.15, -0.1) is 0 Å². The average molecular weight is 215 g/mol. The van der Waals surface area contributed by atoms with Gasteiger partial charge in [-0.2, -0.15) is 0 Å². The van der Waals surface area contributed by atoms with E-state index in [1.807, 2.05) is 28.9 Å². The first-order valence-electron chi connectivity index (χ1n) is 5.54. The summed E-state index contributed by atoms with van der Waals surface area (Å²) in [6.07, 6.45) is 6.87. The van der Waals surface area contributed by atoms with Crippen LogP contribution in [0.25, 0.3) is 5.52 Å². The van der Waals surface area contributed by atoms with E-state index in [0.29, 0.717) is 11.6 Å². The largest absolute Gasteiger partial charge is 0.307 e. The van der Waals surface area contributed by atoms with Crippen molar-refractivity contribution in [2.24, 2.45) is 0 Å². The van der Waals surface area contributed by atoms with Crippen molar-refractivity contribution in [3.8, 4) is 0 Å². The average Bonchev–Trinajstić information content (AvgIpc) is 2.96. The van der Waals surface area contributed by atoms with Crippen LogP contribution in [0, 0.1) is 0 Å². The fourth-order valence-corrected chi connectivity index (χ4v) is 2.26. The third-order valence-corrected chi connectivity index (χ3v) is 3.09. The number of hydrogen-bond acceptors (Lipinski definition) is 3. The number of carbonyl (C=O) groups excluding carboxylic acids is 1. The first-order valence-corrected chi connectivity index (χ1v) is 5.54. The van der Waals surface area contributed by atoms with Crippen LogP contribution in [0.2, 0.25) is 0 Å². The fourth-order valence-electron chi connectivity index (χ4n) is 2.26. The summed E-state index contributed by atoms with van der Waals surface area (Å²) in [5, 5.41) is 3.42. The van der Waals surface area contributed by atoms with Crippen molar-refractivity contribution in [3.63, 3.8) is 0 Å². The Balaban J connectivity index is 2.13. The third kappa shape index (κ3) is 1.42. The Bertz CT molecular complexity index is 526. The summed E-state index contributed by atoms with van der Waals surface area (Å²) in [6, 6.07) is 4.06. The molecule has 0 amide bonds. The molecule has 1 aliphatic heterocycles. The molecule has 3 heterocycles. The molecule has 1 atom stereocenters. The summed E-state index contributed by atoms with van der Waals surface area (Å²) in [6.45, 7) is 1.05. The van der Waals surface area contributed by atoms with Crippen molar-refractivity contribution in [2.75, 3.05) is 6.54 Å². The molecule has 0 spiro atoms. The van der Waals surface area contributed by atoms with E-state index in [0.717, 1.165) is 30.6 Å². The van der Waals surface area contributed by atoms with Crippen LogP contribution in [-0.4, -0.2) is 22.2 Å². The highest BCUT2D eigenvalue weighted by molar-refractivity contribution is 5.75. The van der Waals surface area contributed by atoms with Gasteiger partial charge in [0.1, 0.15) is 5.82 Å². The van der Waals surface area contributed by atoms with E-state index in [1.165, 1.54) is 6.42 Å². The maximum absolute atomic E-state index is 10.8. The summed E-state index contributed by atoms with van der Waals surface area (Å²) in [5.41, 5.74) is 1.72. The minimum absolute atomic E-state index is 0.324. The summed E-state index contributed by atoms with van der Waals surface area (Å²) in [7, 11) is 0. The molecule has 1 N–H and O–H groups in total. The van der Waals surface area contributed by atoms with E-state index in [4.69, 9.17) is 0 Å². The zero-order valence-electron chi connectivity index (χ0n) is 8.89. The van der Waals surface area contributed by atoms with Gasteiger partial charge in [0, 0.05) is 11.8 Å². The zero-order valence-corrected chi connectivity index (χ0v) is 8.89. The van der Waals surface area contributed by atoms with Gasteiger partial charge >= 0.3 is 0 Å². The van der Waals surface area contributed by atoms with E-state index in [2.05, 4.69) is 10.3 Å². The summed E-state index contributed by atoms with van der Waals surface area (Å²) >= 11 is 0. The standard InChI is InChI=1S/C12H13N3O/c16-8-9-3-4-10-6-14-12(15(10)7-9)11-2-1-5-13-11/h3-4,6-8,11,13H,1-2,5H2. The number of aldehydes is 1. The molecular formula is C12H13N3O. The van der Waals surface area contributed by atoms with Gasteiger partial charge in [0.25, 0.3) is 0 Å². The lowest BCUT2D eigenvalue weighted by Crippen LogP contribution is -2.15. The lowest BCUT2D eigenvalue weighted by molar-refractivity contribution is 0.112. The number of fused-ring (bicyclic) bond motifs is 1. The lowest BCUT2D eigenvalue weighted by Gasteiger charge is -2.09. The quantitative estimate of drug-likeness (QED) is 0.773. The molecule has 0 saturated carbocycles. The maximum atomic E-state index is 10.8. The summed E-state index contributed by atoms with van der Waals surface area (Å²) in [4.78, 5) is 15.2. The minimum atomic E-state index is 0.324. The second-order valence-corrected chi connectivity index (χ2v) is 4.14. The number of nitrogens with one attached hydrogen (secondary N) is 1. The Morgan fingerprint density at radius 3 is 3.19 bits per heavy atom. The van der Waals surface area contributed by atoms with Crippen LogP contribution in [0.5, 0.6) is 0 Å². The highest BCUT2D eigenvalue weighted by Gasteiger charge is 2.20. The van der Waals surface area contributed by atoms with Crippen LogP contribution in [-0.2, 0) is 0 Å². The monoisotopic (exact) mass is 215 g/mol. The van der Waals surface area contributed by atoms with Crippen molar-refractivity contribution in [1.29, 1.82) is 0 Å². The predicted molar refractivity (Wildman–Crippen MR) is 60.6 cm³/mol. The smallest absolute Gasteiger partial charge is 0.151 e. The molecule has 3 rings (SSSR count). The molecule has 1 fully saturated rings. The molecule has 4 heteroatoms. The van der Waals surface area contributed by atoms with Gasteiger partial charge in [0.05, 0.1) is 17.8 Å². The summed E-state index contributed by atoms with van der Waals surface area (Å²) in [5.74, 6) is 1.01. The number of aromatic nitrogens is 2. The molecule has 0 aliphatic carbocycles. The SMILES string of the molecule is O=Cc1ccc2cnc(C3CCCN3)n2c1. The number of carbonyl (C=O) groups is 1. The number of pyridine rings is 1. The lowest BCUT2D eigenvalue weighted by atomic mass is 10.2. The zero-order chi connectivity index (χ0) is 11.0. The third-order valence-electron chi connectivity index (χ3n) is 3.09. The maximum Gasteiger partial charge on any atom is 0.151 e. The van der Waals surface area contributed by atoms with Gasteiger partial charge in [0.2, 0.25) is 0 Å². The van der Waals surface area contributed by atoms with Crippen LogP contribution in [0.4, 0.5) is 0 Å². The molecule has 82 valence electrons. The molecule has 1 saturated heterocycles. The van der Waals surface area contributed by atoms with Crippen LogP contribution in [0.15, 0.2) is 24.5 Å². The van der Waals surface area contributed by atoms with Gasteiger partial charge in [-0.25, -0.2) is 4.98 Å². The minimum Gasteiger partial charge on any atom is -0.307 e. The van der Waals surface area contributed by atoms with E-state index < -0.39 is 0 Å². The van der Waals surface area contributed by atoms with Crippen molar-refractivity contribution in [1.82, 2.24) is 14.7 Å². The highest BCUT2D eigenvalue weighted by Crippen LogP contribution is 2.22. The molecule has 1 unspecified atom stereocenters. The van der Waals surface area contributed by atoms with Crippen molar-refractivity contribution >= 4 is 11.8 Å².